The second-order valence-electron chi connectivity index (χ2n) is 8.10. The Bertz CT molecular complexity index is 1250. The number of rotatable bonds is 8. The molecule has 0 unspecified atom stereocenters. The average molecular weight is 442 g/mol. The summed E-state index contributed by atoms with van der Waals surface area (Å²) in [6.07, 6.45) is 1.68. The third-order valence-electron chi connectivity index (χ3n) is 5.52. The van der Waals surface area contributed by atoms with Gasteiger partial charge in [0.25, 0.3) is 5.91 Å². The molecule has 0 saturated heterocycles. The first kappa shape index (κ1) is 22.3. The van der Waals surface area contributed by atoms with Crippen LogP contribution in [0.5, 0.6) is 0 Å². The molecule has 6 nitrogen and oxygen atoms in total. The number of fused-ring (bicyclic) bond motifs is 1. The first-order chi connectivity index (χ1) is 16.0. The molecule has 0 radical (unpaired) electrons. The van der Waals surface area contributed by atoms with Crippen molar-refractivity contribution < 1.29 is 14.3 Å². The van der Waals surface area contributed by atoms with Crippen LogP contribution in [0.2, 0.25) is 0 Å². The van der Waals surface area contributed by atoms with Crippen LogP contribution in [0.1, 0.15) is 35.1 Å². The molecule has 0 spiro atoms. The number of nitrogens with zero attached hydrogens (tertiary/aromatic N) is 2. The lowest BCUT2D eigenvalue weighted by Crippen LogP contribution is -2.36. The number of esters is 1. The summed E-state index contributed by atoms with van der Waals surface area (Å²) in [5.41, 5.74) is 4.20. The highest BCUT2D eigenvalue weighted by Gasteiger charge is 2.15. The van der Waals surface area contributed by atoms with Crippen LogP contribution in [0.15, 0.2) is 78.9 Å². The number of carbonyl (C=O) groups excluding carboxylic acids is 2. The quantitative estimate of drug-likeness (QED) is 0.405. The van der Waals surface area contributed by atoms with Crippen LogP contribution in [0.3, 0.4) is 0 Å². The number of ether oxygens (including phenoxy) is 1. The second-order valence-corrected chi connectivity index (χ2v) is 8.10. The maximum absolute atomic E-state index is 12.5. The fraction of sp³-hybridized carbons (Fsp3) is 0.222. The average Bonchev–Trinajstić information content (AvgIpc) is 3.17. The number of aryl methyl sites for hydroxylation is 2. The van der Waals surface area contributed by atoms with Crippen LogP contribution in [-0.2, 0) is 16.0 Å². The molecule has 0 fully saturated rings. The standard InChI is InChI=1S/C27H27N3O3/c1-19(13-14-21-9-5-3-6-10-21)28-26(31)18-33-27(32)22-15-16-25-24(17-22)29-20(2)30(25)23-11-7-4-8-12-23/h3-12,15-17,19H,13-14,18H2,1-2H3,(H,28,31)/t19-/m1/s1. The van der Waals surface area contributed by atoms with Crippen LogP contribution in [-0.4, -0.2) is 34.1 Å². The molecule has 1 amide bonds. The van der Waals surface area contributed by atoms with E-state index in [-0.39, 0.29) is 18.6 Å². The minimum Gasteiger partial charge on any atom is -0.452 e. The molecule has 0 bridgehead atoms. The zero-order chi connectivity index (χ0) is 23.2. The molecule has 3 aromatic carbocycles. The van der Waals surface area contributed by atoms with Gasteiger partial charge in [0.2, 0.25) is 0 Å². The van der Waals surface area contributed by atoms with Gasteiger partial charge in [-0.3, -0.25) is 9.36 Å². The number of aromatic nitrogens is 2. The molecule has 168 valence electrons. The molecule has 1 N–H and O–H groups in total. The molecule has 1 heterocycles. The predicted octanol–water partition coefficient (Wildman–Crippen LogP) is 4.63. The van der Waals surface area contributed by atoms with Gasteiger partial charge in [-0.05, 0) is 62.6 Å². The van der Waals surface area contributed by atoms with Crippen molar-refractivity contribution in [3.05, 3.63) is 95.8 Å². The molecule has 4 aromatic rings. The van der Waals surface area contributed by atoms with Gasteiger partial charge in [-0.1, -0.05) is 48.5 Å². The van der Waals surface area contributed by atoms with Crippen LogP contribution in [0, 0.1) is 6.92 Å². The summed E-state index contributed by atoms with van der Waals surface area (Å²) in [6.45, 7) is 3.56. The lowest BCUT2D eigenvalue weighted by Gasteiger charge is -2.14. The van der Waals surface area contributed by atoms with Gasteiger partial charge in [0.05, 0.1) is 16.6 Å². The minimum atomic E-state index is -0.545. The Labute approximate surface area is 193 Å². The molecule has 6 heteroatoms. The number of benzene rings is 3. The largest absolute Gasteiger partial charge is 0.452 e. The number of amides is 1. The summed E-state index contributed by atoms with van der Waals surface area (Å²) < 4.78 is 7.28. The van der Waals surface area contributed by atoms with Crippen LogP contribution in [0.25, 0.3) is 16.7 Å². The van der Waals surface area contributed by atoms with Crippen LogP contribution >= 0.6 is 0 Å². The summed E-state index contributed by atoms with van der Waals surface area (Å²) in [5.74, 6) is -0.0318. The summed E-state index contributed by atoms with van der Waals surface area (Å²) in [6, 6.07) is 25.3. The molecule has 0 saturated carbocycles. The van der Waals surface area contributed by atoms with E-state index in [1.54, 1.807) is 12.1 Å². The Kier molecular flexibility index (Phi) is 6.83. The SMILES string of the molecule is Cc1nc2cc(C(=O)OCC(=O)N[C@H](C)CCc3ccccc3)ccc2n1-c1ccccc1. The zero-order valence-corrected chi connectivity index (χ0v) is 18.8. The fourth-order valence-corrected chi connectivity index (χ4v) is 3.86. The van der Waals surface area contributed by atoms with Crippen molar-refractivity contribution in [2.75, 3.05) is 6.61 Å². The van der Waals surface area contributed by atoms with E-state index >= 15 is 0 Å². The molecule has 33 heavy (non-hydrogen) atoms. The highest BCUT2D eigenvalue weighted by Crippen LogP contribution is 2.22. The number of hydrogen-bond donors (Lipinski definition) is 1. The number of nitrogens with one attached hydrogen (secondary N) is 1. The van der Waals surface area contributed by atoms with E-state index in [0.717, 1.165) is 29.9 Å². The molecule has 0 aliphatic rings. The number of carbonyl (C=O) groups is 2. The summed E-state index contributed by atoms with van der Waals surface area (Å²) in [7, 11) is 0. The van der Waals surface area contributed by atoms with E-state index in [1.165, 1.54) is 5.56 Å². The number of hydrogen-bond acceptors (Lipinski definition) is 4. The van der Waals surface area contributed by atoms with Gasteiger partial charge >= 0.3 is 5.97 Å². The lowest BCUT2D eigenvalue weighted by atomic mass is 10.1. The van der Waals surface area contributed by atoms with Gasteiger partial charge in [0, 0.05) is 11.7 Å². The molecular weight excluding hydrogens is 414 g/mol. The number of para-hydroxylation sites is 1. The molecule has 0 aliphatic carbocycles. The fourth-order valence-electron chi connectivity index (χ4n) is 3.86. The van der Waals surface area contributed by atoms with E-state index in [4.69, 9.17) is 4.74 Å². The van der Waals surface area contributed by atoms with Gasteiger partial charge in [0.15, 0.2) is 6.61 Å². The predicted molar refractivity (Wildman–Crippen MR) is 128 cm³/mol. The lowest BCUT2D eigenvalue weighted by molar-refractivity contribution is -0.124. The maximum atomic E-state index is 12.5. The van der Waals surface area contributed by atoms with Crippen molar-refractivity contribution in [1.29, 1.82) is 0 Å². The summed E-state index contributed by atoms with van der Waals surface area (Å²) in [5, 5.41) is 2.88. The topological polar surface area (TPSA) is 73.2 Å². The smallest absolute Gasteiger partial charge is 0.338 e. The van der Waals surface area contributed by atoms with Crippen molar-refractivity contribution >= 4 is 22.9 Å². The summed E-state index contributed by atoms with van der Waals surface area (Å²) >= 11 is 0. The van der Waals surface area contributed by atoms with Gasteiger partial charge in [-0.2, -0.15) is 0 Å². The monoisotopic (exact) mass is 441 g/mol. The van der Waals surface area contributed by atoms with Gasteiger partial charge in [0.1, 0.15) is 5.82 Å². The second kappa shape index (κ2) is 10.1. The Morgan fingerprint density at radius 2 is 1.70 bits per heavy atom. The summed E-state index contributed by atoms with van der Waals surface area (Å²) in [4.78, 5) is 29.3. The van der Waals surface area contributed by atoms with Gasteiger partial charge in [-0.15, -0.1) is 0 Å². The Balaban J connectivity index is 1.33. The van der Waals surface area contributed by atoms with E-state index in [9.17, 15) is 9.59 Å². The molecule has 1 atom stereocenters. The van der Waals surface area contributed by atoms with Gasteiger partial charge in [-0.25, -0.2) is 9.78 Å². The highest BCUT2D eigenvalue weighted by molar-refractivity contribution is 5.95. The highest BCUT2D eigenvalue weighted by atomic mass is 16.5. The van der Waals surface area contributed by atoms with E-state index in [1.807, 2.05) is 73.0 Å². The van der Waals surface area contributed by atoms with E-state index in [2.05, 4.69) is 22.4 Å². The normalized spacial score (nSPS) is 11.8. The first-order valence-electron chi connectivity index (χ1n) is 11.1. The Morgan fingerprint density at radius 3 is 2.42 bits per heavy atom. The van der Waals surface area contributed by atoms with E-state index < -0.39 is 5.97 Å². The molecule has 0 aliphatic heterocycles. The van der Waals surface area contributed by atoms with Crippen LogP contribution in [0.4, 0.5) is 0 Å². The Morgan fingerprint density at radius 1 is 1.00 bits per heavy atom. The number of imidazole rings is 1. The van der Waals surface area contributed by atoms with Crippen molar-refractivity contribution in [3.63, 3.8) is 0 Å². The van der Waals surface area contributed by atoms with Gasteiger partial charge < -0.3 is 10.1 Å². The molecule has 1 aromatic heterocycles. The molecular formula is C27H27N3O3. The Hall–Kier alpha value is -3.93. The van der Waals surface area contributed by atoms with E-state index in [0.29, 0.717) is 11.1 Å². The minimum absolute atomic E-state index is 0.0160. The van der Waals surface area contributed by atoms with Crippen LogP contribution < -0.4 is 5.32 Å². The zero-order valence-electron chi connectivity index (χ0n) is 18.8. The van der Waals surface area contributed by atoms with Crippen molar-refractivity contribution in [3.8, 4) is 5.69 Å². The van der Waals surface area contributed by atoms with Crippen molar-refractivity contribution in [1.82, 2.24) is 14.9 Å². The molecule has 4 rings (SSSR count). The third-order valence-corrected chi connectivity index (χ3v) is 5.52. The first-order valence-corrected chi connectivity index (χ1v) is 11.1. The third kappa shape index (κ3) is 5.47. The maximum Gasteiger partial charge on any atom is 0.338 e. The van der Waals surface area contributed by atoms with Crippen molar-refractivity contribution in [2.45, 2.75) is 32.7 Å². The van der Waals surface area contributed by atoms with Crippen molar-refractivity contribution in [2.24, 2.45) is 0 Å².